The van der Waals surface area contributed by atoms with Crippen molar-refractivity contribution >= 4 is 11.6 Å². The second-order valence-electron chi connectivity index (χ2n) is 4.66. The molecule has 0 bridgehead atoms. The first kappa shape index (κ1) is 14.5. The van der Waals surface area contributed by atoms with Crippen LogP contribution in [0.4, 0.5) is 4.39 Å². The van der Waals surface area contributed by atoms with Gasteiger partial charge in [0.05, 0.1) is 24.7 Å². The molecule has 0 fully saturated rings. The zero-order valence-corrected chi connectivity index (χ0v) is 12.2. The van der Waals surface area contributed by atoms with E-state index >= 15 is 0 Å². The Bertz CT molecular complexity index is 650. The summed E-state index contributed by atoms with van der Waals surface area (Å²) in [4.78, 5) is 0. The second kappa shape index (κ2) is 6.06. The number of aryl methyl sites for hydroxylation is 2. The lowest BCUT2D eigenvalue weighted by atomic mass is 10.0. The van der Waals surface area contributed by atoms with Crippen molar-refractivity contribution in [2.75, 3.05) is 0 Å². The van der Waals surface area contributed by atoms with Gasteiger partial charge >= 0.3 is 0 Å². The Morgan fingerprint density at radius 2 is 2.10 bits per heavy atom. The Hall–Kier alpha value is -1.86. The SMILES string of the molecule is Cc1nn(CCC#N)c(C)c1Cc1c(F)cccc1Cl. The summed E-state index contributed by atoms with van der Waals surface area (Å²) in [5, 5.41) is 13.5. The van der Waals surface area contributed by atoms with E-state index in [-0.39, 0.29) is 5.82 Å². The molecule has 2 aromatic rings. The highest BCUT2D eigenvalue weighted by Crippen LogP contribution is 2.25. The minimum Gasteiger partial charge on any atom is -0.268 e. The molecule has 104 valence electrons. The molecule has 0 aliphatic heterocycles. The van der Waals surface area contributed by atoms with Crippen molar-refractivity contribution in [1.29, 1.82) is 5.26 Å². The third-order valence-electron chi connectivity index (χ3n) is 3.38. The summed E-state index contributed by atoms with van der Waals surface area (Å²) in [6, 6.07) is 6.79. The molecule has 3 nitrogen and oxygen atoms in total. The van der Waals surface area contributed by atoms with Gasteiger partial charge in [-0.2, -0.15) is 10.4 Å². The van der Waals surface area contributed by atoms with E-state index in [0.29, 0.717) is 30.0 Å². The zero-order valence-electron chi connectivity index (χ0n) is 11.5. The van der Waals surface area contributed by atoms with E-state index in [0.717, 1.165) is 17.0 Å². The maximum absolute atomic E-state index is 13.9. The molecule has 20 heavy (non-hydrogen) atoms. The molecule has 0 radical (unpaired) electrons. The van der Waals surface area contributed by atoms with Crippen LogP contribution in [-0.2, 0) is 13.0 Å². The number of nitriles is 1. The minimum absolute atomic E-state index is 0.305. The van der Waals surface area contributed by atoms with E-state index in [4.69, 9.17) is 16.9 Å². The molecule has 0 atom stereocenters. The number of halogens is 2. The predicted octanol–water partition coefficient (Wildman–Crippen LogP) is 3.80. The van der Waals surface area contributed by atoms with E-state index in [9.17, 15) is 4.39 Å². The Kier molecular flexibility index (Phi) is 4.41. The molecule has 0 amide bonds. The fourth-order valence-electron chi connectivity index (χ4n) is 2.24. The van der Waals surface area contributed by atoms with Gasteiger partial charge in [0.1, 0.15) is 5.82 Å². The summed E-state index contributed by atoms with van der Waals surface area (Å²) in [5.74, 6) is -0.305. The summed E-state index contributed by atoms with van der Waals surface area (Å²) < 4.78 is 15.6. The van der Waals surface area contributed by atoms with Gasteiger partial charge in [-0.15, -0.1) is 0 Å². The van der Waals surface area contributed by atoms with Crippen molar-refractivity contribution in [1.82, 2.24) is 9.78 Å². The number of hydrogen-bond acceptors (Lipinski definition) is 2. The average molecular weight is 292 g/mol. The van der Waals surface area contributed by atoms with Crippen molar-refractivity contribution in [2.24, 2.45) is 0 Å². The van der Waals surface area contributed by atoms with E-state index in [1.165, 1.54) is 6.07 Å². The van der Waals surface area contributed by atoms with Gasteiger partial charge < -0.3 is 0 Å². The van der Waals surface area contributed by atoms with Gasteiger partial charge in [-0.05, 0) is 26.0 Å². The van der Waals surface area contributed by atoms with Crippen LogP contribution < -0.4 is 0 Å². The Labute approximate surface area is 122 Å². The van der Waals surface area contributed by atoms with Gasteiger partial charge in [-0.1, -0.05) is 17.7 Å². The smallest absolute Gasteiger partial charge is 0.128 e. The lowest BCUT2D eigenvalue weighted by molar-refractivity contribution is 0.603. The zero-order chi connectivity index (χ0) is 14.7. The van der Waals surface area contributed by atoms with Gasteiger partial charge in [0.25, 0.3) is 0 Å². The van der Waals surface area contributed by atoms with Crippen LogP contribution in [0.2, 0.25) is 5.02 Å². The number of rotatable bonds is 4. The molecule has 0 aliphatic carbocycles. The molecule has 0 spiro atoms. The second-order valence-corrected chi connectivity index (χ2v) is 5.06. The summed E-state index contributed by atoms with van der Waals surface area (Å²) >= 11 is 6.06. The summed E-state index contributed by atoms with van der Waals surface area (Å²) in [6.07, 6.45) is 0.817. The molecule has 5 heteroatoms. The van der Waals surface area contributed by atoms with Crippen molar-refractivity contribution in [2.45, 2.75) is 33.2 Å². The van der Waals surface area contributed by atoms with Crippen molar-refractivity contribution in [3.63, 3.8) is 0 Å². The number of nitrogens with zero attached hydrogens (tertiary/aromatic N) is 3. The average Bonchev–Trinajstić information content (AvgIpc) is 2.67. The lowest BCUT2D eigenvalue weighted by Crippen LogP contribution is -2.02. The number of hydrogen-bond donors (Lipinski definition) is 0. The van der Waals surface area contributed by atoms with E-state index < -0.39 is 0 Å². The highest BCUT2D eigenvalue weighted by Gasteiger charge is 2.15. The fraction of sp³-hybridized carbons (Fsp3) is 0.333. The molecule has 0 unspecified atom stereocenters. The lowest BCUT2D eigenvalue weighted by Gasteiger charge is -2.07. The van der Waals surface area contributed by atoms with Gasteiger partial charge in [0.15, 0.2) is 0 Å². The molecule has 0 saturated heterocycles. The molecule has 0 N–H and O–H groups in total. The standard InChI is InChI=1S/C15H15ClFN3/c1-10-12(11(2)20(19-10)8-4-7-18)9-13-14(16)5-3-6-15(13)17/h3,5-6H,4,8-9H2,1-2H3. The van der Waals surface area contributed by atoms with Crippen LogP contribution in [-0.4, -0.2) is 9.78 Å². The summed E-state index contributed by atoms with van der Waals surface area (Å²) in [6.45, 7) is 4.37. The normalized spacial score (nSPS) is 10.6. The molecule has 0 saturated carbocycles. The maximum Gasteiger partial charge on any atom is 0.128 e. The van der Waals surface area contributed by atoms with E-state index in [1.807, 2.05) is 13.8 Å². The first-order valence-electron chi connectivity index (χ1n) is 6.37. The molecule has 0 aliphatic rings. The highest BCUT2D eigenvalue weighted by atomic mass is 35.5. The van der Waals surface area contributed by atoms with E-state index in [1.54, 1.807) is 16.8 Å². The van der Waals surface area contributed by atoms with Crippen LogP contribution in [0.25, 0.3) is 0 Å². The highest BCUT2D eigenvalue weighted by molar-refractivity contribution is 6.31. The fourth-order valence-corrected chi connectivity index (χ4v) is 2.47. The van der Waals surface area contributed by atoms with Gasteiger partial charge in [-0.25, -0.2) is 4.39 Å². The largest absolute Gasteiger partial charge is 0.268 e. The van der Waals surface area contributed by atoms with Gasteiger partial charge in [0.2, 0.25) is 0 Å². The minimum atomic E-state index is -0.305. The van der Waals surface area contributed by atoms with Crippen LogP contribution in [0, 0.1) is 31.0 Å². The quantitative estimate of drug-likeness (QED) is 0.860. The van der Waals surface area contributed by atoms with E-state index in [2.05, 4.69) is 11.2 Å². The van der Waals surface area contributed by atoms with Crippen molar-refractivity contribution in [3.05, 3.63) is 51.6 Å². The molecular weight excluding hydrogens is 277 g/mol. The molecular formula is C15H15ClFN3. The topological polar surface area (TPSA) is 41.6 Å². The third kappa shape index (κ3) is 2.83. The third-order valence-corrected chi connectivity index (χ3v) is 3.74. The Morgan fingerprint density at radius 3 is 2.75 bits per heavy atom. The van der Waals surface area contributed by atoms with Gasteiger partial charge in [-0.3, -0.25) is 4.68 Å². The molecule has 1 heterocycles. The van der Waals surface area contributed by atoms with Crippen LogP contribution in [0.1, 0.15) is 28.9 Å². The maximum atomic E-state index is 13.9. The van der Waals surface area contributed by atoms with Crippen LogP contribution in [0.5, 0.6) is 0 Å². The predicted molar refractivity (Wildman–Crippen MR) is 76.1 cm³/mol. The van der Waals surface area contributed by atoms with Crippen LogP contribution >= 0.6 is 11.6 Å². The molecule has 1 aromatic heterocycles. The number of benzene rings is 1. The molecule has 2 rings (SSSR count). The van der Waals surface area contributed by atoms with Crippen molar-refractivity contribution in [3.8, 4) is 6.07 Å². The summed E-state index contributed by atoms with van der Waals surface area (Å²) in [7, 11) is 0. The Balaban J connectivity index is 2.35. The van der Waals surface area contributed by atoms with Crippen LogP contribution in [0.15, 0.2) is 18.2 Å². The summed E-state index contributed by atoms with van der Waals surface area (Å²) in [5.41, 5.74) is 3.26. The first-order valence-corrected chi connectivity index (χ1v) is 6.75. The first-order chi connectivity index (χ1) is 9.54. The Morgan fingerprint density at radius 1 is 1.35 bits per heavy atom. The monoisotopic (exact) mass is 291 g/mol. The molecule has 1 aromatic carbocycles. The van der Waals surface area contributed by atoms with Gasteiger partial charge in [0, 0.05) is 28.3 Å². The number of aromatic nitrogens is 2. The van der Waals surface area contributed by atoms with Crippen molar-refractivity contribution < 1.29 is 4.39 Å². The van der Waals surface area contributed by atoms with Crippen LogP contribution in [0.3, 0.4) is 0 Å².